The zero-order valence-electron chi connectivity index (χ0n) is 12.9. The van der Waals surface area contributed by atoms with Crippen molar-refractivity contribution < 1.29 is 4.42 Å². The maximum Gasteiger partial charge on any atom is 0.181 e. The third kappa shape index (κ3) is 3.66. The van der Waals surface area contributed by atoms with Crippen LogP contribution in [0.1, 0.15) is 46.0 Å². The van der Waals surface area contributed by atoms with Gasteiger partial charge < -0.3 is 9.73 Å². The van der Waals surface area contributed by atoms with Crippen molar-refractivity contribution in [2.45, 2.75) is 52.0 Å². The summed E-state index contributed by atoms with van der Waals surface area (Å²) in [5, 5.41) is 3.70. The smallest absolute Gasteiger partial charge is 0.181 e. The lowest BCUT2D eigenvalue weighted by atomic mass is 9.85. The van der Waals surface area contributed by atoms with Gasteiger partial charge in [-0.1, -0.05) is 32.4 Å². The molecule has 1 saturated carbocycles. The van der Waals surface area contributed by atoms with Crippen LogP contribution in [0.25, 0.3) is 11.3 Å². The van der Waals surface area contributed by atoms with Crippen molar-refractivity contribution in [3.05, 3.63) is 36.9 Å². The van der Waals surface area contributed by atoms with Crippen molar-refractivity contribution in [3.63, 3.8) is 0 Å². The van der Waals surface area contributed by atoms with E-state index in [9.17, 15) is 0 Å². The van der Waals surface area contributed by atoms with Crippen LogP contribution in [0.3, 0.4) is 0 Å². The van der Waals surface area contributed by atoms with E-state index in [1.165, 1.54) is 44.2 Å². The van der Waals surface area contributed by atoms with Gasteiger partial charge in [0.1, 0.15) is 0 Å². The number of rotatable bonds is 3. The Morgan fingerprint density at radius 1 is 1.24 bits per heavy atom. The molecule has 2 aromatic rings. The number of nitrogens with one attached hydrogen (secondary N) is 1. The second-order valence-electron chi connectivity index (χ2n) is 6.88. The minimum atomic E-state index is 0.498. The second-order valence-corrected chi connectivity index (χ2v) is 6.88. The van der Waals surface area contributed by atoms with Crippen LogP contribution in [0.2, 0.25) is 0 Å². The van der Waals surface area contributed by atoms with E-state index in [0.29, 0.717) is 11.5 Å². The van der Waals surface area contributed by atoms with E-state index in [1.807, 2.05) is 0 Å². The number of nitrogens with zero attached hydrogens (tertiary/aromatic N) is 1. The molecule has 1 aromatic carbocycles. The molecule has 0 aliphatic heterocycles. The molecule has 112 valence electrons. The van der Waals surface area contributed by atoms with Gasteiger partial charge in [-0.25, -0.2) is 4.98 Å². The summed E-state index contributed by atoms with van der Waals surface area (Å²) in [5.74, 6) is 0.820. The lowest BCUT2D eigenvalue weighted by Gasteiger charge is -2.22. The fourth-order valence-electron chi connectivity index (χ4n) is 3.16. The molecule has 1 aliphatic rings. The number of aromatic nitrogens is 1. The standard InChI is InChI=1S/C18H24N2O/c1-18(2)9-4-7-15(8-10-18)20-16-6-3-5-14(11-16)17-12-19-13-21-17/h3,5-6,11-13,15,20H,4,7-10H2,1-2H3. The van der Waals surface area contributed by atoms with Crippen LogP contribution in [0.5, 0.6) is 0 Å². The second kappa shape index (κ2) is 5.92. The summed E-state index contributed by atoms with van der Waals surface area (Å²) >= 11 is 0. The van der Waals surface area contributed by atoms with Crippen LogP contribution in [0.15, 0.2) is 41.3 Å². The van der Waals surface area contributed by atoms with Crippen LogP contribution in [0, 0.1) is 5.41 Å². The average molecular weight is 284 g/mol. The Kier molecular flexibility index (Phi) is 4.00. The van der Waals surface area contributed by atoms with Crippen LogP contribution >= 0.6 is 0 Å². The highest BCUT2D eigenvalue weighted by Crippen LogP contribution is 2.35. The molecule has 3 nitrogen and oxygen atoms in total. The van der Waals surface area contributed by atoms with Crippen molar-refractivity contribution in [1.29, 1.82) is 0 Å². The molecule has 0 radical (unpaired) electrons. The zero-order chi connectivity index (χ0) is 14.7. The molecule has 1 fully saturated rings. The molecule has 21 heavy (non-hydrogen) atoms. The molecular weight excluding hydrogens is 260 g/mol. The normalized spacial score (nSPS) is 21.7. The third-order valence-electron chi connectivity index (χ3n) is 4.53. The van der Waals surface area contributed by atoms with Crippen LogP contribution in [-0.2, 0) is 0 Å². The summed E-state index contributed by atoms with van der Waals surface area (Å²) in [5.41, 5.74) is 2.75. The molecule has 1 atom stereocenters. The van der Waals surface area contributed by atoms with E-state index in [1.54, 1.807) is 6.20 Å². The SMILES string of the molecule is CC1(C)CCCC(Nc2cccc(-c3cnco3)c2)CC1. The Morgan fingerprint density at radius 2 is 2.14 bits per heavy atom. The van der Waals surface area contributed by atoms with E-state index < -0.39 is 0 Å². The van der Waals surface area contributed by atoms with Gasteiger partial charge in [0.15, 0.2) is 12.2 Å². The highest BCUT2D eigenvalue weighted by molar-refractivity contribution is 5.63. The molecule has 1 heterocycles. The van der Waals surface area contributed by atoms with Crippen molar-refractivity contribution >= 4 is 5.69 Å². The highest BCUT2D eigenvalue weighted by Gasteiger charge is 2.24. The zero-order valence-corrected chi connectivity index (χ0v) is 12.9. The van der Waals surface area contributed by atoms with Gasteiger partial charge in [-0.2, -0.15) is 0 Å². The lowest BCUT2D eigenvalue weighted by Crippen LogP contribution is -2.19. The van der Waals surface area contributed by atoms with Gasteiger partial charge in [0.2, 0.25) is 0 Å². The van der Waals surface area contributed by atoms with Gasteiger partial charge in [0.05, 0.1) is 6.20 Å². The van der Waals surface area contributed by atoms with E-state index in [-0.39, 0.29) is 0 Å². The first kappa shape index (κ1) is 14.2. The van der Waals surface area contributed by atoms with Crippen molar-refractivity contribution in [2.75, 3.05) is 5.32 Å². The molecule has 0 bridgehead atoms. The summed E-state index contributed by atoms with van der Waals surface area (Å²) < 4.78 is 5.37. The van der Waals surface area contributed by atoms with Gasteiger partial charge >= 0.3 is 0 Å². The topological polar surface area (TPSA) is 38.1 Å². The van der Waals surface area contributed by atoms with Crippen molar-refractivity contribution in [3.8, 4) is 11.3 Å². The van der Waals surface area contributed by atoms with Gasteiger partial charge in [0, 0.05) is 17.3 Å². The monoisotopic (exact) mass is 284 g/mol. The van der Waals surface area contributed by atoms with Crippen LogP contribution < -0.4 is 5.32 Å². The van der Waals surface area contributed by atoms with Crippen molar-refractivity contribution in [1.82, 2.24) is 4.98 Å². The van der Waals surface area contributed by atoms with E-state index in [0.717, 1.165) is 11.3 Å². The van der Waals surface area contributed by atoms with Crippen LogP contribution in [-0.4, -0.2) is 11.0 Å². The summed E-state index contributed by atoms with van der Waals surface area (Å²) in [6.07, 6.45) is 9.69. The maximum atomic E-state index is 5.37. The van der Waals surface area contributed by atoms with Gasteiger partial charge in [0.25, 0.3) is 0 Å². The minimum Gasteiger partial charge on any atom is -0.444 e. The van der Waals surface area contributed by atoms with E-state index in [4.69, 9.17) is 4.42 Å². The fourth-order valence-corrected chi connectivity index (χ4v) is 3.16. The predicted molar refractivity (Wildman–Crippen MR) is 86.2 cm³/mol. The molecule has 3 rings (SSSR count). The fraction of sp³-hybridized carbons (Fsp3) is 0.500. The molecule has 1 N–H and O–H groups in total. The quantitative estimate of drug-likeness (QED) is 0.796. The molecule has 0 amide bonds. The number of benzene rings is 1. The number of anilines is 1. The van der Waals surface area contributed by atoms with E-state index in [2.05, 4.69) is 48.4 Å². The molecule has 0 spiro atoms. The molecule has 0 saturated heterocycles. The highest BCUT2D eigenvalue weighted by atomic mass is 16.3. The first-order chi connectivity index (χ1) is 10.1. The Labute approximate surface area is 126 Å². The first-order valence-corrected chi connectivity index (χ1v) is 7.88. The summed E-state index contributed by atoms with van der Waals surface area (Å²) in [7, 11) is 0. The summed E-state index contributed by atoms with van der Waals surface area (Å²) in [6.45, 7) is 4.78. The van der Waals surface area contributed by atoms with Crippen molar-refractivity contribution in [2.24, 2.45) is 5.41 Å². The largest absolute Gasteiger partial charge is 0.444 e. The Hall–Kier alpha value is -1.77. The average Bonchev–Trinajstić information content (AvgIpc) is 2.93. The molecule has 3 heteroatoms. The number of hydrogen-bond donors (Lipinski definition) is 1. The lowest BCUT2D eigenvalue weighted by molar-refractivity contribution is 0.313. The first-order valence-electron chi connectivity index (χ1n) is 7.88. The summed E-state index contributed by atoms with van der Waals surface area (Å²) in [4.78, 5) is 3.99. The molecule has 1 aliphatic carbocycles. The predicted octanol–water partition coefficient (Wildman–Crippen LogP) is 5.11. The number of oxazole rings is 1. The van der Waals surface area contributed by atoms with Gasteiger partial charge in [-0.3, -0.25) is 0 Å². The third-order valence-corrected chi connectivity index (χ3v) is 4.53. The Balaban J connectivity index is 1.69. The number of hydrogen-bond acceptors (Lipinski definition) is 3. The minimum absolute atomic E-state index is 0.498. The Morgan fingerprint density at radius 3 is 2.95 bits per heavy atom. The summed E-state index contributed by atoms with van der Waals surface area (Å²) in [6, 6.07) is 8.99. The molecule has 1 unspecified atom stereocenters. The van der Waals surface area contributed by atoms with Gasteiger partial charge in [-0.15, -0.1) is 0 Å². The van der Waals surface area contributed by atoms with Crippen LogP contribution in [0.4, 0.5) is 5.69 Å². The van der Waals surface area contributed by atoms with Gasteiger partial charge in [-0.05, 0) is 43.2 Å². The maximum absolute atomic E-state index is 5.37. The Bertz CT molecular complexity index is 575. The molecular formula is C18H24N2O. The molecule has 1 aromatic heterocycles. The van der Waals surface area contributed by atoms with E-state index >= 15 is 0 Å².